The Hall–Kier alpha value is -0.0800. The molecule has 0 bridgehead atoms. The molecule has 2 atom stereocenters. The average Bonchev–Trinajstić information content (AvgIpc) is 2.01. The summed E-state index contributed by atoms with van der Waals surface area (Å²) in [6.45, 7) is 13.8. The lowest BCUT2D eigenvalue weighted by Crippen LogP contribution is -2.64. The van der Waals surface area contributed by atoms with Gasteiger partial charge < -0.3 is 5.32 Å². The lowest BCUT2D eigenvalue weighted by atomic mass is 9.82. The molecule has 2 unspecified atom stereocenters. The van der Waals surface area contributed by atoms with Crippen LogP contribution in [0.2, 0.25) is 0 Å². The van der Waals surface area contributed by atoms with E-state index in [1.807, 2.05) is 0 Å². The van der Waals surface area contributed by atoms with Gasteiger partial charge in [0.2, 0.25) is 0 Å². The molecule has 1 N–H and O–H groups in total. The van der Waals surface area contributed by atoms with Crippen LogP contribution in [0, 0.1) is 5.41 Å². The van der Waals surface area contributed by atoms with E-state index in [4.69, 9.17) is 0 Å². The van der Waals surface area contributed by atoms with Crippen molar-refractivity contribution in [2.75, 3.05) is 20.1 Å². The topological polar surface area (TPSA) is 15.3 Å². The molecule has 0 saturated carbocycles. The Morgan fingerprint density at radius 3 is 2.36 bits per heavy atom. The summed E-state index contributed by atoms with van der Waals surface area (Å²) < 4.78 is 0. The van der Waals surface area contributed by atoms with E-state index < -0.39 is 0 Å². The number of nitrogens with one attached hydrogen (secondary N) is 1. The highest BCUT2D eigenvalue weighted by Crippen LogP contribution is 2.28. The van der Waals surface area contributed by atoms with E-state index in [2.05, 4.69) is 51.9 Å². The van der Waals surface area contributed by atoms with E-state index in [0.717, 1.165) is 13.1 Å². The van der Waals surface area contributed by atoms with Gasteiger partial charge in [-0.15, -0.1) is 0 Å². The maximum atomic E-state index is 3.69. The third kappa shape index (κ3) is 2.48. The maximum absolute atomic E-state index is 3.69. The van der Waals surface area contributed by atoms with Gasteiger partial charge in [0.05, 0.1) is 0 Å². The van der Waals surface area contributed by atoms with Crippen molar-refractivity contribution in [1.82, 2.24) is 10.2 Å². The molecule has 1 rings (SSSR count). The Morgan fingerprint density at radius 1 is 1.43 bits per heavy atom. The Labute approximate surface area is 89.1 Å². The minimum atomic E-state index is 0.316. The normalized spacial score (nSPS) is 36.0. The highest BCUT2D eigenvalue weighted by atomic mass is 15.2. The van der Waals surface area contributed by atoms with E-state index >= 15 is 0 Å². The third-order valence-electron chi connectivity index (χ3n) is 3.63. The lowest BCUT2D eigenvalue weighted by Gasteiger charge is -2.49. The van der Waals surface area contributed by atoms with Crippen LogP contribution in [0.15, 0.2) is 0 Å². The molecule has 1 aliphatic rings. The van der Waals surface area contributed by atoms with Gasteiger partial charge in [-0.05, 0) is 25.8 Å². The van der Waals surface area contributed by atoms with Gasteiger partial charge in [-0.1, -0.05) is 27.7 Å². The Morgan fingerprint density at radius 2 is 2.00 bits per heavy atom. The van der Waals surface area contributed by atoms with Crippen LogP contribution in [0.1, 0.15) is 41.0 Å². The van der Waals surface area contributed by atoms with E-state index in [-0.39, 0.29) is 0 Å². The number of likely N-dealkylation sites (N-methyl/N-ethyl adjacent to an activating group) is 1. The van der Waals surface area contributed by atoms with Crippen molar-refractivity contribution in [1.29, 1.82) is 0 Å². The van der Waals surface area contributed by atoms with E-state index in [0.29, 0.717) is 17.0 Å². The maximum Gasteiger partial charge on any atom is 0.0278 e. The fourth-order valence-corrected chi connectivity index (χ4v) is 2.42. The monoisotopic (exact) mass is 198 g/mol. The first-order valence-electron chi connectivity index (χ1n) is 5.74. The smallest absolute Gasteiger partial charge is 0.0278 e. The lowest BCUT2D eigenvalue weighted by molar-refractivity contribution is 0.0470. The van der Waals surface area contributed by atoms with Crippen LogP contribution in [0.3, 0.4) is 0 Å². The van der Waals surface area contributed by atoms with Crippen molar-refractivity contribution in [3.8, 4) is 0 Å². The fraction of sp³-hybridized carbons (Fsp3) is 1.00. The number of nitrogens with zero attached hydrogens (tertiary/aromatic N) is 1. The Bertz CT molecular complexity index is 195. The molecule has 14 heavy (non-hydrogen) atoms. The molecule has 0 radical (unpaired) electrons. The second kappa shape index (κ2) is 3.82. The molecule has 1 heterocycles. The molecule has 0 aromatic heterocycles. The van der Waals surface area contributed by atoms with E-state index in [1.54, 1.807) is 0 Å². The Kier molecular flexibility index (Phi) is 3.27. The molecule has 0 aromatic rings. The zero-order valence-electron chi connectivity index (χ0n) is 10.6. The van der Waals surface area contributed by atoms with Crippen LogP contribution in [-0.4, -0.2) is 36.6 Å². The van der Waals surface area contributed by atoms with Crippen LogP contribution >= 0.6 is 0 Å². The predicted octanol–water partition coefficient (Wildman–Crippen LogP) is 2.10. The van der Waals surface area contributed by atoms with Gasteiger partial charge in [-0.2, -0.15) is 0 Å². The largest absolute Gasteiger partial charge is 0.309 e. The van der Waals surface area contributed by atoms with Gasteiger partial charge in [-0.3, -0.25) is 4.90 Å². The summed E-state index contributed by atoms with van der Waals surface area (Å²) >= 11 is 0. The van der Waals surface area contributed by atoms with Crippen LogP contribution < -0.4 is 5.32 Å². The molecule has 2 heteroatoms. The third-order valence-corrected chi connectivity index (χ3v) is 3.63. The van der Waals surface area contributed by atoms with Gasteiger partial charge >= 0.3 is 0 Å². The van der Waals surface area contributed by atoms with Crippen molar-refractivity contribution in [2.24, 2.45) is 5.41 Å². The summed E-state index contributed by atoms with van der Waals surface area (Å²) in [4.78, 5) is 2.51. The molecule has 1 aliphatic heterocycles. The summed E-state index contributed by atoms with van der Waals surface area (Å²) in [5, 5.41) is 3.69. The first-order chi connectivity index (χ1) is 6.28. The number of piperazine rings is 1. The van der Waals surface area contributed by atoms with Gasteiger partial charge in [0.25, 0.3) is 0 Å². The summed E-state index contributed by atoms with van der Waals surface area (Å²) in [6, 6.07) is 0.655. The molecule has 2 nitrogen and oxygen atoms in total. The van der Waals surface area contributed by atoms with Crippen molar-refractivity contribution in [3.05, 3.63) is 0 Å². The van der Waals surface area contributed by atoms with E-state index in [9.17, 15) is 0 Å². The highest BCUT2D eigenvalue weighted by Gasteiger charge is 2.37. The van der Waals surface area contributed by atoms with E-state index in [1.165, 1.54) is 6.42 Å². The van der Waals surface area contributed by atoms with Gasteiger partial charge in [0.15, 0.2) is 0 Å². The first-order valence-corrected chi connectivity index (χ1v) is 5.74. The minimum Gasteiger partial charge on any atom is -0.309 e. The van der Waals surface area contributed by atoms with Crippen molar-refractivity contribution in [3.63, 3.8) is 0 Å². The number of hydrogen-bond acceptors (Lipinski definition) is 2. The molecule has 1 fully saturated rings. The zero-order valence-corrected chi connectivity index (χ0v) is 10.6. The van der Waals surface area contributed by atoms with Crippen LogP contribution in [0.25, 0.3) is 0 Å². The number of rotatable bonds is 1. The van der Waals surface area contributed by atoms with Crippen molar-refractivity contribution in [2.45, 2.75) is 52.6 Å². The Balaban J connectivity index is 2.65. The molecule has 0 aromatic carbocycles. The quantitative estimate of drug-likeness (QED) is 0.694. The zero-order chi connectivity index (χ0) is 11.0. The van der Waals surface area contributed by atoms with Crippen molar-refractivity contribution < 1.29 is 0 Å². The van der Waals surface area contributed by atoms with Gasteiger partial charge in [0, 0.05) is 24.7 Å². The molecule has 0 aliphatic carbocycles. The fourth-order valence-electron chi connectivity index (χ4n) is 2.42. The molecule has 84 valence electrons. The first kappa shape index (κ1) is 12.0. The SMILES string of the molecule is CCC1(C)CN(C)C(C(C)(C)C)CN1. The van der Waals surface area contributed by atoms with Crippen LogP contribution in [-0.2, 0) is 0 Å². The molecule has 0 amide bonds. The van der Waals surface area contributed by atoms with Gasteiger partial charge in [0.1, 0.15) is 0 Å². The minimum absolute atomic E-state index is 0.316. The second-order valence-electron chi connectivity index (χ2n) is 6.09. The molecule has 0 spiro atoms. The van der Waals surface area contributed by atoms with Gasteiger partial charge in [-0.25, -0.2) is 0 Å². The molecular weight excluding hydrogens is 172 g/mol. The standard InChI is InChI=1S/C12H26N2/c1-7-12(5)9-14(6)10(8-13-12)11(2,3)4/h10,13H,7-9H2,1-6H3. The average molecular weight is 198 g/mol. The van der Waals surface area contributed by atoms with Crippen LogP contribution in [0.5, 0.6) is 0 Å². The summed E-state index contributed by atoms with van der Waals surface area (Å²) in [7, 11) is 2.25. The van der Waals surface area contributed by atoms with Crippen LogP contribution in [0.4, 0.5) is 0 Å². The molecule has 1 saturated heterocycles. The summed E-state index contributed by atoms with van der Waals surface area (Å²) in [5.74, 6) is 0. The summed E-state index contributed by atoms with van der Waals surface area (Å²) in [6.07, 6.45) is 1.20. The number of hydrogen-bond donors (Lipinski definition) is 1. The predicted molar refractivity (Wildman–Crippen MR) is 62.6 cm³/mol. The molecular formula is C12H26N2. The van der Waals surface area contributed by atoms with Crippen molar-refractivity contribution >= 4 is 0 Å². The second-order valence-corrected chi connectivity index (χ2v) is 6.09. The summed E-state index contributed by atoms with van der Waals surface area (Å²) in [5.41, 5.74) is 0.688. The highest BCUT2D eigenvalue weighted by molar-refractivity contribution is 4.96.